The van der Waals surface area contributed by atoms with Crippen LogP contribution >= 0.6 is 0 Å². The zero-order valence-corrected chi connectivity index (χ0v) is 11.7. The number of aromatic nitrogens is 3. The second kappa shape index (κ2) is 7.02. The molecule has 0 amide bonds. The first-order valence-corrected chi connectivity index (χ1v) is 6.53. The summed E-state index contributed by atoms with van der Waals surface area (Å²) in [6.07, 6.45) is 1.04. The third-order valence-electron chi connectivity index (χ3n) is 2.67. The molecule has 0 bridgehead atoms. The van der Waals surface area contributed by atoms with E-state index in [9.17, 15) is 5.11 Å². The summed E-state index contributed by atoms with van der Waals surface area (Å²) in [6, 6.07) is 7.44. The molecule has 6 heteroatoms. The Hall–Kier alpha value is -1.92. The van der Waals surface area contributed by atoms with Gasteiger partial charge in [0.05, 0.1) is 6.61 Å². The van der Waals surface area contributed by atoms with E-state index in [-0.39, 0.29) is 13.2 Å². The molecule has 1 aromatic carbocycles. The first-order valence-electron chi connectivity index (χ1n) is 6.53. The standard InChI is InChI=1S/C14H19N3O3/c1-3-19-8-12(18)9-20-13-6-4-11(5-7-13)14-15-10-17(2)16-14/h4-7,10,12,18H,3,8-9H2,1-2H3/t12-/m1/s1. The maximum Gasteiger partial charge on any atom is 0.181 e. The summed E-state index contributed by atoms with van der Waals surface area (Å²) >= 11 is 0. The molecular weight excluding hydrogens is 258 g/mol. The Morgan fingerprint density at radius 2 is 2.00 bits per heavy atom. The Morgan fingerprint density at radius 1 is 1.25 bits per heavy atom. The highest BCUT2D eigenvalue weighted by atomic mass is 16.5. The Bertz CT molecular complexity index is 525. The summed E-state index contributed by atoms with van der Waals surface area (Å²) in [5.74, 6) is 1.37. The van der Waals surface area contributed by atoms with Crippen molar-refractivity contribution in [1.82, 2.24) is 14.8 Å². The van der Waals surface area contributed by atoms with Gasteiger partial charge in [-0.1, -0.05) is 0 Å². The lowest BCUT2D eigenvalue weighted by Crippen LogP contribution is -2.23. The molecule has 108 valence electrons. The van der Waals surface area contributed by atoms with Crippen LogP contribution in [0.1, 0.15) is 6.92 Å². The van der Waals surface area contributed by atoms with Crippen molar-refractivity contribution in [2.75, 3.05) is 19.8 Å². The zero-order chi connectivity index (χ0) is 14.4. The van der Waals surface area contributed by atoms with Crippen LogP contribution in [0.5, 0.6) is 5.75 Å². The fraction of sp³-hybridized carbons (Fsp3) is 0.429. The van der Waals surface area contributed by atoms with Crippen molar-refractivity contribution in [3.8, 4) is 17.1 Å². The molecule has 2 rings (SSSR count). The largest absolute Gasteiger partial charge is 0.491 e. The number of nitrogens with zero attached hydrogens (tertiary/aromatic N) is 3. The van der Waals surface area contributed by atoms with Crippen molar-refractivity contribution < 1.29 is 14.6 Å². The number of aryl methyl sites for hydroxylation is 1. The van der Waals surface area contributed by atoms with Gasteiger partial charge in [-0.05, 0) is 31.2 Å². The van der Waals surface area contributed by atoms with E-state index in [1.165, 1.54) is 0 Å². The van der Waals surface area contributed by atoms with Crippen LogP contribution in [-0.4, -0.2) is 45.8 Å². The molecule has 0 saturated heterocycles. The van der Waals surface area contributed by atoms with Crippen LogP contribution in [0, 0.1) is 0 Å². The number of benzene rings is 1. The highest BCUT2D eigenvalue weighted by molar-refractivity contribution is 5.55. The van der Waals surface area contributed by atoms with Crippen molar-refractivity contribution in [1.29, 1.82) is 0 Å². The lowest BCUT2D eigenvalue weighted by atomic mass is 10.2. The van der Waals surface area contributed by atoms with Crippen LogP contribution in [-0.2, 0) is 11.8 Å². The molecule has 1 N–H and O–H groups in total. The Balaban J connectivity index is 1.88. The highest BCUT2D eigenvalue weighted by Gasteiger charge is 2.06. The SMILES string of the molecule is CCOC[C@@H](O)COc1ccc(-c2ncn(C)n2)cc1. The highest BCUT2D eigenvalue weighted by Crippen LogP contribution is 2.19. The van der Waals surface area contributed by atoms with E-state index >= 15 is 0 Å². The number of ether oxygens (including phenoxy) is 2. The summed E-state index contributed by atoms with van der Waals surface area (Å²) in [4.78, 5) is 4.18. The van der Waals surface area contributed by atoms with Gasteiger partial charge in [0.1, 0.15) is 24.8 Å². The Kier molecular flexibility index (Phi) is 5.09. The quantitative estimate of drug-likeness (QED) is 0.825. The maximum atomic E-state index is 9.60. The molecular formula is C14H19N3O3. The molecule has 0 spiro atoms. The maximum absolute atomic E-state index is 9.60. The van der Waals surface area contributed by atoms with Crippen molar-refractivity contribution in [3.63, 3.8) is 0 Å². The third kappa shape index (κ3) is 4.04. The molecule has 20 heavy (non-hydrogen) atoms. The van der Waals surface area contributed by atoms with Gasteiger partial charge in [0.2, 0.25) is 0 Å². The fourth-order valence-corrected chi connectivity index (χ4v) is 1.67. The molecule has 1 aromatic heterocycles. The number of rotatable bonds is 7. The van der Waals surface area contributed by atoms with E-state index in [2.05, 4.69) is 10.1 Å². The molecule has 0 fully saturated rings. The predicted octanol–water partition coefficient (Wildman–Crippen LogP) is 1.26. The van der Waals surface area contributed by atoms with Crippen LogP contribution in [0.3, 0.4) is 0 Å². The molecule has 0 aliphatic heterocycles. The normalized spacial score (nSPS) is 12.3. The molecule has 0 radical (unpaired) electrons. The average Bonchev–Trinajstić information content (AvgIpc) is 2.90. The van der Waals surface area contributed by atoms with Crippen LogP contribution in [0.2, 0.25) is 0 Å². The Labute approximate surface area is 118 Å². The van der Waals surface area contributed by atoms with Gasteiger partial charge in [-0.2, -0.15) is 5.10 Å². The van der Waals surface area contributed by atoms with E-state index in [4.69, 9.17) is 9.47 Å². The second-order valence-electron chi connectivity index (χ2n) is 4.39. The van der Waals surface area contributed by atoms with Gasteiger partial charge >= 0.3 is 0 Å². The summed E-state index contributed by atoms with van der Waals surface area (Å²) in [5.41, 5.74) is 0.924. The van der Waals surface area contributed by atoms with Gasteiger partial charge in [0.15, 0.2) is 5.82 Å². The van der Waals surface area contributed by atoms with E-state index in [1.54, 1.807) is 11.0 Å². The number of aliphatic hydroxyl groups is 1. The fourth-order valence-electron chi connectivity index (χ4n) is 1.67. The van der Waals surface area contributed by atoms with E-state index < -0.39 is 6.10 Å². The van der Waals surface area contributed by atoms with Gasteiger partial charge in [-0.25, -0.2) is 4.98 Å². The predicted molar refractivity (Wildman–Crippen MR) is 74.4 cm³/mol. The molecule has 6 nitrogen and oxygen atoms in total. The molecule has 1 atom stereocenters. The minimum atomic E-state index is -0.618. The Morgan fingerprint density at radius 3 is 2.60 bits per heavy atom. The first-order chi connectivity index (χ1) is 9.69. The minimum Gasteiger partial charge on any atom is -0.491 e. The van der Waals surface area contributed by atoms with Crippen LogP contribution in [0.4, 0.5) is 0 Å². The molecule has 2 aromatic rings. The monoisotopic (exact) mass is 277 g/mol. The summed E-state index contributed by atoms with van der Waals surface area (Å²) in [6.45, 7) is 2.97. The van der Waals surface area contributed by atoms with Gasteiger partial charge < -0.3 is 14.6 Å². The van der Waals surface area contributed by atoms with Crippen molar-refractivity contribution in [2.45, 2.75) is 13.0 Å². The molecule has 0 unspecified atom stereocenters. The summed E-state index contributed by atoms with van der Waals surface area (Å²) < 4.78 is 12.3. The topological polar surface area (TPSA) is 69.4 Å². The van der Waals surface area contributed by atoms with Gasteiger partial charge in [0.25, 0.3) is 0 Å². The van der Waals surface area contributed by atoms with Crippen molar-refractivity contribution in [2.24, 2.45) is 7.05 Å². The van der Waals surface area contributed by atoms with Gasteiger partial charge in [-0.15, -0.1) is 0 Å². The lowest BCUT2D eigenvalue weighted by Gasteiger charge is -2.12. The third-order valence-corrected chi connectivity index (χ3v) is 2.67. The summed E-state index contributed by atoms with van der Waals surface area (Å²) in [7, 11) is 1.83. The molecule has 0 aliphatic carbocycles. The smallest absolute Gasteiger partial charge is 0.181 e. The second-order valence-corrected chi connectivity index (χ2v) is 4.39. The summed E-state index contributed by atoms with van der Waals surface area (Å²) in [5, 5.41) is 13.8. The van der Waals surface area contributed by atoms with Crippen LogP contribution in [0.25, 0.3) is 11.4 Å². The van der Waals surface area contributed by atoms with Crippen molar-refractivity contribution >= 4 is 0 Å². The number of aliphatic hydroxyl groups excluding tert-OH is 1. The first kappa shape index (κ1) is 14.5. The van der Waals surface area contributed by atoms with E-state index in [0.29, 0.717) is 18.2 Å². The average molecular weight is 277 g/mol. The van der Waals surface area contributed by atoms with E-state index in [0.717, 1.165) is 5.56 Å². The lowest BCUT2D eigenvalue weighted by molar-refractivity contribution is 0.0164. The number of hydrogen-bond acceptors (Lipinski definition) is 5. The number of hydrogen-bond donors (Lipinski definition) is 1. The van der Waals surface area contributed by atoms with Gasteiger partial charge in [0, 0.05) is 19.2 Å². The van der Waals surface area contributed by atoms with Crippen molar-refractivity contribution in [3.05, 3.63) is 30.6 Å². The molecule has 0 saturated carbocycles. The van der Waals surface area contributed by atoms with Crippen LogP contribution < -0.4 is 4.74 Å². The van der Waals surface area contributed by atoms with Gasteiger partial charge in [-0.3, -0.25) is 4.68 Å². The molecule has 0 aliphatic rings. The van der Waals surface area contributed by atoms with Crippen LogP contribution in [0.15, 0.2) is 30.6 Å². The molecule has 1 heterocycles. The minimum absolute atomic E-state index is 0.210. The van der Waals surface area contributed by atoms with E-state index in [1.807, 2.05) is 38.2 Å². The zero-order valence-electron chi connectivity index (χ0n) is 11.7.